The minimum atomic E-state index is -0.249. The van der Waals surface area contributed by atoms with Crippen molar-refractivity contribution in [3.8, 4) is 0 Å². The third-order valence-electron chi connectivity index (χ3n) is 3.74. The van der Waals surface area contributed by atoms with Gasteiger partial charge < -0.3 is 11.5 Å². The zero-order chi connectivity index (χ0) is 12.1. The van der Waals surface area contributed by atoms with Crippen LogP contribution in [-0.4, -0.2) is 36.5 Å². The number of amides is 1. The van der Waals surface area contributed by atoms with Gasteiger partial charge in [0.05, 0.1) is 0 Å². The smallest absolute Gasteiger partial charge is 0.219 e. The van der Waals surface area contributed by atoms with Crippen LogP contribution in [0.5, 0.6) is 0 Å². The molecule has 1 saturated heterocycles. The first-order valence-corrected chi connectivity index (χ1v) is 6.27. The zero-order valence-electron chi connectivity index (χ0n) is 10.5. The van der Waals surface area contributed by atoms with Gasteiger partial charge in [0.15, 0.2) is 0 Å². The van der Waals surface area contributed by atoms with Gasteiger partial charge in [-0.3, -0.25) is 9.69 Å². The molecular formula is C12H25N3O. The van der Waals surface area contributed by atoms with Gasteiger partial charge in [0.25, 0.3) is 0 Å². The van der Waals surface area contributed by atoms with Gasteiger partial charge in [-0.05, 0) is 37.8 Å². The second-order valence-electron chi connectivity index (χ2n) is 5.18. The molecule has 1 fully saturated rings. The Balaban J connectivity index is 2.41. The lowest BCUT2D eigenvalue weighted by Crippen LogP contribution is -2.47. The number of likely N-dealkylation sites (tertiary alicyclic amines) is 1. The van der Waals surface area contributed by atoms with Crippen LogP contribution in [0.15, 0.2) is 0 Å². The highest BCUT2D eigenvalue weighted by atomic mass is 16.1. The normalized spacial score (nSPS) is 21.2. The fourth-order valence-electron chi connectivity index (χ4n) is 2.54. The van der Waals surface area contributed by atoms with Crippen LogP contribution in [0.25, 0.3) is 0 Å². The number of hydrogen-bond acceptors (Lipinski definition) is 3. The molecule has 1 unspecified atom stereocenters. The van der Waals surface area contributed by atoms with Crippen LogP contribution < -0.4 is 11.5 Å². The first-order valence-electron chi connectivity index (χ1n) is 6.27. The van der Waals surface area contributed by atoms with Crippen molar-refractivity contribution in [1.29, 1.82) is 0 Å². The van der Waals surface area contributed by atoms with Gasteiger partial charge in [-0.1, -0.05) is 13.8 Å². The van der Waals surface area contributed by atoms with Gasteiger partial charge >= 0.3 is 0 Å². The van der Waals surface area contributed by atoms with Crippen molar-refractivity contribution in [2.75, 3.05) is 19.6 Å². The summed E-state index contributed by atoms with van der Waals surface area (Å²) >= 11 is 0. The highest BCUT2D eigenvalue weighted by molar-refractivity contribution is 5.74. The summed E-state index contributed by atoms with van der Waals surface area (Å²) in [5.41, 5.74) is 10.9. The van der Waals surface area contributed by atoms with Crippen LogP contribution in [0.1, 0.15) is 33.1 Å². The Morgan fingerprint density at radius 1 is 1.38 bits per heavy atom. The van der Waals surface area contributed by atoms with Gasteiger partial charge in [0.1, 0.15) is 0 Å². The second-order valence-corrected chi connectivity index (χ2v) is 5.18. The Bertz CT molecular complexity index is 222. The third kappa shape index (κ3) is 3.76. The summed E-state index contributed by atoms with van der Waals surface area (Å²) in [6.07, 6.45) is 2.82. The summed E-state index contributed by atoms with van der Waals surface area (Å²) in [6.45, 7) is 7.19. The van der Waals surface area contributed by atoms with E-state index in [1.54, 1.807) is 0 Å². The van der Waals surface area contributed by atoms with Crippen LogP contribution in [-0.2, 0) is 4.79 Å². The first-order chi connectivity index (χ1) is 7.54. The number of rotatable bonds is 5. The van der Waals surface area contributed by atoms with E-state index in [0.29, 0.717) is 13.0 Å². The predicted molar refractivity (Wildman–Crippen MR) is 65.8 cm³/mol. The van der Waals surface area contributed by atoms with Crippen molar-refractivity contribution < 1.29 is 4.79 Å². The molecule has 0 aliphatic carbocycles. The van der Waals surface area contributed by atoms with E-state index in [4.69, 9.17) is 11.5 Å². The van der Waals surface area contributed by atoms with Crippen molar-refractivity contribution in [2.45, 2.75) is 39.2 Å². The van der Waals surface area contributed by atoms with Crippen molar-refractivity contribution in [1.82, 2.24) is 4.90 Å². The summed E-state index contributed by atoms with van der Waals surface area (Å²) < 4.78 is 0. The quantitative estimate of drug-likeness (QED) is 0.720. The summed E-state index contributed by atoms with van der Waals surface area (Å²) in [5, 5.41) is 0. The first kappa shape index (κ1) is 13.5. The molecule has 0 spiro atoms. The molecule has 0 aromatic rings. The maximum atomic E-state index is 10.9. The number of nitrogens with two attached hydrogens (primary N) is 2. The van der Waals surface area contributed by atoms with Crippen molar-refractivity contribution in [2.24, 2.45) is 23.3 Å². The predicted octanol–water partition coefficient (Wildman–Crippen LogP) is 0.557. The molecule has 4 N–H and O–H groups in total. The summed E-state index contributed by atoms with van der Waals surface area (Å²) in [5.74, 6) is 1.33. The molecule has 1 aliphatic heterocycles. The Kier molecular flexibility index (Phi) is 5.22. The van der Waals surface area contributed by atoms with Gasteiger partial charge in [0.2, 0.25) is 5.91 Å². The molecule has 16 heavy (non-hydrogen) atoms. The van der Waals surface area contributed by atoms with Crippen molar-refractivity contribution in [3.63, 3.8) is 0 Å². The van der Waals surface area contributed by atoms with Crippen LogP contribution in [0, 0.1) is 11.8 Å². The van der Waals surface area contributed by atoms with Gasteiger partial charge in [-0.25, -0.2) is 0 Å². The van der Waals surface area contributed by atoms with E-state index in [2.05, 4.69) is 18.7 Å². The fraction of sp³-hybridized carbons (Fsp3) is 0.917. The van der Waals surface area contributed by atoms with E-state index in [-0.39, 0.29) is 11.9 Å². The van der Waals surface area contributed by atoms with E-state index in [9.17, 15) is 4.79 Å². The molecule has 4 heteroatoms. The monoisotopic (exact) mass is 227 g/mol. The molecule has 0 aromatic carbocycles. The van der Waals surface area contributed by atoms with Crippen LogP contribution in [0.2, 0.25) is 0 Å². The molecule has 0 radical (unpaired) electrons. The standard InChI is InChI=1S/C12H25N3O/c1-9(2)10-3-5-15(6-4-10)11(8-13)7-12(14)16/h9-11H,3-8,13H2,1-2H3,(H2,14,16). The third-order valence-corrected chi connectivity index (χ3v) is 3.74. The Morgan fingerprint density at radius 3 is 2.31 bits per heavy atom. The molecule has 94 valence electrons. The maximum Gasteiger partial charge on any atom is 0.219 e. The van der Waals surface area contributed by atoms with Crippen molar-refractivity contribution in [3.05, 3.63) is 0 Å². The minimum Gasteiger partial charge on any atom is -0.370 e. The highest BCUT2D eigenvalue weighted by Crippen LogP contribution is 2.25. The number of hydrogen-bond donors (Lipinski definition) is 2. The molecule has 0 bridgehead atoms. The van der Waals surface area contributed by atoms with Crippen LogP contribution >= 0.6 is 0 Å². The Morgan fingerprint density at radius 2 is 1.94 bits per heavy atom. The summed E-state index contributed by atoms with van der Waals surface area (Å²) in [7, 11) is 0. The summed E-state index contributed by atoms with van der Waals surface area (Å²) in [6, 6.07) is 0.144. The molecule has 1 aliphatic rings. The zero-order valence-corrected chi connectivity index (χ0v) is 10.5. The molecule has 4 nitrogen and oxygen atoms in total. The van der Waals surface area contributed by atoms with Gasteiger partial charge in [-0.2, -0.15) is 0 Å². The molecule has 1 atom stereocenters. The average molecular weight is 227 g/mol. The molecule has 1 heterocycles. The Hall–Kier alpha value is -0.610. The highest BCUT2D eigenvalue weighted by Gasteiger charge is 2.26. The fourth-order valence-corrected chi connectivity index (χ4v) is 2.54. The minimum absolute atomic E-state index is 0.144. The largest absolute Gasteiger partial charge is 0.370 e. The van der Waals surface area contributed by atoms with E-state index in [1.807, 2.05) is 0 Å². The van der Waals surface area contributed by atoms with Crippen LogP contribution in [0.3, 0.4) is 0 Å². The number of carbonyl (C=O) groups excluding carboxylic acids is 1. The lowest BCUT2D eigenvalue weighted by atomic mass is 9.86. The lowest BCUT2D eigenvalue weighted by molar-refractivity contribution is -0.119. The van der Waals surface area contributed by atoms with Gasteiger partial charge in [-0.15, -0.1) is 0 Å². The maximum absolute atomic E-state index is 10.9. The number of carbonyl (C=O) groups is 1. The molecule has 1 rings (SSSR count). The Labute approximate surface area is 98.3 Å². The van der Waals surface area contributed by atoms with E-state index < -0.39 is 0 Å². The lowest BCUT2D eigenvalue weighted by Gasteiger charge is -2.38. The summed E-state index contributed by atoms with van der Waals surface area (Å²) in [4.78, 5) is 13.2. The molecular weight excluding hydrogens is 202 g/mol. The van der Waals surface area contributed by atoms with E-state index in [0.717, 1.165) is 24.9 Å². The number of piperidine rings is 1. The van der Waals surface area contributed by atoms with Crippen molar-refractivity contribution >= 4 is 5.91 Å². The van der Waals surface area contributed by atoms with Crippen LogP contribution in [0.4, 0.5) is 0 Å². The second kappa shape index (κ2) is 6.21. The molecule has 1 amide bonds. The number of primary amides is 1. The molecule has 0 saturated carbocycles. The molecule has 0 aromatic heterocycles. The SMILES string of the molecule is CC(C)C1CCN(C(CN)CC(N)=O)CC1. The topological polar surface area (TPSA) is 72.3 Å². The number of nitrogens with zero attached hydrogens (tertiary/aromatic N) is 1. The van der Waals surface area contributed by atoms with E-state index >= 15 is 0 Å². The van der Waals surface area contributed by atoms with Gasteiger partial charge in [0, 0.05) is 19.0 Å². The average Bonchev–Trinajstić information content (AvgIpc) is 2.25. The van der Waals surface area contributed by atoms with E-state index in [1.165, 1.54) is 12.8 Å².